The van der Waals surface area contributed by atoms with Crippen LogP contribution in [0.5, 0.6) is 0 Å². The number of carbonyl (C=O) groups is 3. The maximum atomic E-state index is 13.0. The smallest absolute Gasteiger partial charge is 0.325 e. The first-order valence-electron chi connectivity index (χ1n) is 9.82. The predicted octanol–water partition coefficient (Wildman–Crippen LogP) is 2.94. The Labute approximate surface area is 177 Å². The van der Waals surface area contributed by atoms with Gasteiger partial charge < -0.3 is 16.4 Å². The van der Waals surface area contributed by atoms with E-state index in [2.05, 4.69) is 36.4 Å². The molecule has 0 aromatic carbocycles. The largest absolute Gasteiger partial charge is 0.384 e. The number of nitrogens with two attached hydrogens (primary N) is 1. The number of amides is 4. The summed E-state index contributed by atoms with van der Waals surface area (Å²) < 4.78 is 0. The molecule has 4 amide bonds. The molecule has 1 aromatic heterocycles. The number of nitrogen functional groups attached to an aromatic ring is 1. The lowest BCUT2D eigenvalue weighted by molar-refractivity contribution is -0.135. The molecule has 29 heavy (non-hydrogen) atoms. The molecule has 1 aliphatic carbocycles. The molecule has 1 spiro atoms. The van der Waals surface area contributed by atoms with Crippen molar-refractivity contribution in [3.8, 4) is 0 Å². The van der Waals surface area contributed by atoms with Gasteiger partial charge in [0, 0.05) is 0 Å². The van der Waals surface area contributed by atoms with E-state index >= 15 is 0 Å². The van der Waals surface area contributed by atoms with Gasteiger partial charge in [-0.15, -0.1) is 12.4 Å². The molecule has 0 radical (unpaired) electrons. The first-order valence-corrected chi connectivity index (χ1v) is 9.82. The SMILES string of the molecule is CCC(C)(C)C1CCC2(CC1)NC(=O)N(CC(=O)Nc1ccc(N)nc1)C2=O.Cl. The summed E-state index contributed by atoms with van der Waals surface area (Å²) in [5.74, 6) is 0.128. The molecule has 2 heterocycles. The molecule has 1 saturated carbocycles. The molecule has 2 fully saturated rings. The van der Waals surface area contributed by atoms with Crippen LogP contribution < -0.4 is 16.4 Å². The average molecular weight is 424 g/mol. The summed E-state index contributed by atoms with van der Waals surface area (Å²) in [4.78, 5) is 42.6. The Kier molecular flexibility index (Phi) is 6.78. The highest BCUT2D eigenvalue weighted by Crippen LogP contribution is 2.45. The van der Waals surface area contributed by atoms with Gasteiger partial charge in [0.1, 0.15) is 17.9 Å². The fourth-order valence-electron chi connectivity index (χ4n) is 4.16. The van der Waals surface area contributed by atoms with Gasteiger partial charge in [0.15, 0.2) is 0 Å². The molecule has 1 saturated heterocycles. The van der Waals surface area contributed by atoms with Crippen molar-refractivity contribution in [3.63, 3.8) is 0 Å². The second kappa shape index (κ2) is 8.57. The van der Waals surface area contributed by atoms with Gasteiger partial charge in [-0.3, -0.25) is 14.5 Å². The van der Waals surface area contributed by atoms with Crippen molar-refractivity contribution in [2.45, 2.75) is 58.4 Å². The highest BCUT2D eigenvalue weighted by molar-refractivity contribution is 6.10. The lowest BCUT2D eigenvalue weighted by Gasteiger charge is -2.42. The van der Waals surface area contributed by atoms with Gasteiger partial charge in [0.05, 0.1) is 11.9 Å². The summed E-state index contributed by atoms with van der Waals surface area (Å²) in [5.41, 5.74) is 5.34. The molecule has 1 aliphatic heterocycles. The van der Waals surface area contributed by atoms with E-state index in [1.54, 1.807) is 12.1 Å². The van der Waals surface area contributed by atoms with E-state index in [9.17, 15) is 14.4 Å². The zero-order chi connectivity index (χ0) is 20.5. The van der Waals surface area contributed by atoms with E-state index in [0.29, 0.717) is 30.3 Å². The Morgan fingerprint density at radius 3 is 2.55 bits per heavy atom. The minimum Gasteiger partial charge on any atom is -0.384 e. The van der Waals surface area contributed by atoms with E-state index in [1.807, 2.05) is 0 Å². The normalized spacial score (nSPS) is 24.2. The van der Waals surface area contributed by atoms with Crippen LogP contribution in [-0.2, 0) is 9.59 Å². The van der Waals surface area contributed by atoms with Crippen molar-refractivity contribution < 1.29 is 14.4 Å². The highest BCUT2D eigenvalue weighted by atomic mass is 35.5. The molecule has 0 atom stereocenters. The zero-order valence-electron chi connectivity index (χ0n) is 17.2. The van der Waals surface area contributed by atoms with Gasteiger partial charge in [-0.1, -0.05) is 27.2 Å². The fourth-order valence-corrected chi connectivity index (χ4v) is 4.16. The van der Waals surface area contributed by atoms with Crippen LogP contribution in [0.1, 0.15) is 52.9 Å². The number of nitrogens with one attached hydrogen (secondary N) is 2. The number of pyridine rings is 1. The summed E-state index contributed by atoms with van der Waals surface area (Å²) in [7, 11) is 0. The van der Waals surface area contributed by atoms with Gasteiger partial charge in [0.25, 0.3) is 5.91 Å². The van der Waals surface area contributed by atoms with Crippen LogP contribution in [-0.4, -0.2) is 39.8 Å². The van der Waals surface area contributed by atoms with Crippen molar-refractivity contribution >= 4 is 41.8 Å². The first-order chi connectivity index (χ1) is 13.2. The first kappa shape index (κ1) is 22.9. The number of imide groups is 1. The number of nitrogens with zero attached hydrogens (tertiary/aromatic N) is 2. The Hall–Kier alpha value is -2.35. The van der Waals surface area contributed by atoms with Crippen LogP contribution in [0.25, 0.3) is 0 Å². The van der Waals surface area contributed by atoms with Gasteiger partial charge in [-0.25, -0.2) is 9.78 Å². The zero-order valence-corrected chi connectivity index (χ0v) is 18.0. The number of anilines is 2. The van der Waals surface area contributed by atoms with E-state index in [1.165, 1.54) is 6.20 Å². The monoisotopic (exact) mass is 423 g/mol. The molecular formula is C20H30ClN5O3. The Morgan fingerprint density at radius 1 is 1.34 bits per heavy atom. The third-order valence-electron chi connectivity index (χ3n) is 6.47. The molecule has 160 valence electrons. The summed E-state index contributed by atoms with van der Waals surface area (Å²) in [6.45, 7) is 6.38. The molecule has 1 aromatic rings. The van der Waals surface area contributed by atoms with E-state index < -0.39 is 17.5 Å². The summed E-state index contributed by atoms with van der Waals surface area (Å²) in [6.07, 6.45) is 5.53. The molecule has 8 nitrogen and oxygen atoms in total. The van der Waals surface area contributed by atoms with Crippen LogP contribution in [0.3, 0.4) is 0 Å². The minimum absolute atomic E-state index is 0. The number of aromatic nitrogens is 1. The highest BCUT2D eigenvalue weighted by Gasteiger charge is 2.53. The van der Waals surface area contributed by atoms with E-state index in [0.717, 1.165) is 24.2 Å². The number of rotatable bonds is 5. The maximum Gasteiger partial charge on any atom is 0.325 e. The summed E-state index contributed by atoms with van der Waals surface area (Å²) in [5, 5.41) is 5.50. The van der Waals surface area contributed by atoms with E-state index in [4.69, 9.17) is 5.73 Å². The standard InChI is InChI=1S/C20H29N5O3.ClH/c1-4-19(2,3)13-7-9-20(10-8-13)17(27)25(18(28)24-20)12-16(26)23-14-5-6-15(21)22-11-14;/h5-6,11,13H,4,7-10,12H2,1-3H3,(H2,21,22)(H,23,26)(H,24,28);1H. The number of hydrogen-bond donors (Lipinski definition) is 3. The van der Waals surface area contributed by atoms with Crippen molar-refractivity contribution in [3.05, 3.63) is 18.3 Å². The lowest BCUT2D eigenvalue weighted by Crippen LogP contribution is -2.51. The Morgan fingerprint density at radius 2 is 2.00 bits per heavy atom. The number of urea groups is 1. The maximum absolute atomic E-state index is 13.0. The minimum atomic E-state index is -0.861. The molecule has 0 unspecified atom stereocenters. The average Bonchev–Trinajstić information content (AvgIpc) is 2.88. The van der Waals surface area contributed by atoms with Crippen LogP contribution >= 0.6 is 12.4 Å². The van der Waals surface area contributed by atoms with Gasteiger partial charge in [-0.2, -0.15) is 0 Å². The molecule has 0 bridgehead atoms. The molecule has 3 rings (SSSR count). The second-order valence-corrected chi connectivity index (χ2v) is 8.54. The summed E-state index contributed by atoms with van der Waals surface area (Å²) in [6, 6.07) is 2.68. The van der Waals surface area contributed by atoms with E-state index in [-0.39, 0.29) is 30.3 Å². The van der Waals surface area contributed by atoms with Crippen molar-refractivity contribution in [2.75, 3.05) is 17.6 Å². The number of carbonyl (C=O) groups excluding carboxylic acids is 3. The third-order valence-corrected chi connectivity index (χ3v) is 6.47. The molecule has 9 heteroatoms. The van der Waals surface area contributed by atoms with Crippen LogP contribution in [0, 0.1) is 11.3 Å². The van der Waals surface area contributed by atoms with Crippen molar-refractivity contribution in [1.82, 2.24) is 15.2 Å². The number of hydrogen-bond acceptors (Lipinski definition) is 5. The predicted molar refractivity (Wildman–Crippen MR) is 114 cm³/mol. The van der Waals surface area contributed by atoms with Crippen molar-refractivity contribution in [1.29, 1.82) is 0 Å². The lowest BCUT2D eigenvalue weighted by atomic mass is 9.65. The quantitative estimate of drug-likeness (QED) is 0.629. The van der Waals surface area contributed by atoms with Crippen LogP contribution in [0.2, 0.25) is 0 Å². The molecular weight excluding hydrogens is 394 g/mol. The van der Waals surface area contributed by atoms with Gasteiger partial charge in [0.2, 0.25) is 5.91 Å². The molecule has 2 aliphatic rings. The van der Waals surface area contributed by atoms with Crippen molar-refractivity contribution in [2.24, 2.45) is 11.3 Å². The Bertz CT molecular complexity index is 773. The fraction of sp³-hybridized carbons (Fsp3) is 0.600. The van der Waals surface area contributed by atoms with Gasteiger partial charge >= 0.3 is 6.03 Å². The Balaban J connectivity index is 0.00000300. The van der Waals surface area contributed by atoms with Crippen LogP contribution in [0.15, 0.2) is 18.3 Å². The summed E-state index contributed by atoms with van der Waals surface area (Å²) >= 11 is 0. The van der Waals surface area contributed by atoms with Gasteiger partial charge in [-0.05, 0) is 49.1 Å². The topological polar surface area (TPSA) is 117 Å². The van der Waals surface area contributed by atoms with Crippen LogP contribution in [0.4, 0.5) is 16.3 Å². The second-order valence-electron chi connectivity index (χ2n) is 8.54. The third kappa shape index (κ3) is 4.63. The number of halogens is 1. The molecule has 4 N–H and O–H groups in total.